The van der Waals surface area contributed by atoms with Crippen molar-refractivity contribution in [3.63, 3.8) is 0 Å². The second-order valence-corrected chi connectivity index (χ2v) is 12.5. The molecule has 0 N–H and O–H groups in total. The van der Waals surface area contributed by atoms with Crippen molar-refractivity contribution < 1.29 is 0 Å². The van der Waals surface area contributed by atoms with E-state index in [1.54, 1.807) is 11.3 Å². The minimum absolute atomic E-state index is 0.653. The molecular weight excluding hydrogens is 593 g/mol. The van der Waals surface area contributed by atoms with Gasteiger partial charge in [0.15, 0.2) is 17.5 Å². The van der Waals surface area contributed by atoms with Crippen LogP contribution in [0.15, 0.2) is 158 Å². The summed E-state index contributed by atoms with van der Waals surface area (Å²) in [7, 11) is 0. The molecule has 0 saturated heterocycles. The molecule has 0 atom stereocenters. The van der Waals surface area contributed by atoms with Crippen LogP contribution in [-0.2, 0) is 0 Å². The van der Waals surface area contributed by atoms with Crippen LogP contribution in [0.1, 0.15) is 0 Å². The van der Waals surface area contributed by atoms with E-state index in [-0.39, 0.29) is 0 Å². The Morgan fingerprint density at radius 3 is 1.57 bits per heavy atom. The topological polar surface area (TPSA) is 51.6 Å². The van der Waals surface area contributed by atoms with Gasteiger partial charge in [0, 0.05) is 27.6 Å². The molecule has 0 spiro atoms. The average Bonchev–Trinajstić information content (AvgIpc) is 3.60. The lowest BCUT2D eigenvalue weighted by molar-refractivity contribution is 1.08. The molecule has 2 heterocycles. The van der Waals surface area contributed by atoms with Gasteiger partial charge in [0.25, 0.3) is 0 Å². The summed E-state index contributed by atoms with van der Waals surface area (Å²) in [5.41, 5.74) is 7.40. The van der Waals surface area contributed by atoms with E-state index in [2.05, 4.69) is 91.0 Å². The van der Waals surface area contributed by atoms with Crippen molar-refractivity contribution in [3.05, 3.63) is 158 Å². The maximum absolute atomic E-state index is 5.02. The Hall–Kier alpha value is -6.04. The Morgan fingerprint density at radius 1 is 0.362 bits per heavy atom. The molecule has 47 heavy (non-hydrogen) atoms. The fourth-order valence-electron chi connectivity index (χ4n) is 6.26. The first kappa shape index (κ1) is 27.3. The molecule has 0 amide bonds. The van der Waals surface area contributed by atoms with Gasteiger partial charge in [-0.2, -0.15) is 0 Å². The predicted molar refractivity (Wildman–Crippen MR) is 195 cm³/mol. The fourth-order valence-corrected chi connectivity index (χ4v) is 7.37. The van der Waals surface area contributed by atoms with Crippen molar-refractivity contribution in [1.29, 1.82) is 0 Å². The van der Waals surface area contributed by atoms with E-state index in [1.807, 2.05) is 66.7 Å². The molecule has 220 valence electrons. The number of thiazole rings is 1. The zero-order chi connectivity index (χ0) is 31.2. The van der Waals surface area contributed by atoms with E-state index in [4.69, 9.17) is 19.9 Å². The van der Waals surface area contributed by atoms with Crippen LogP contribution in [-0.4, -0.2) is 19.9 Å². The second kappa shape index (κ2) is 11.4. The van der Waals surface area contributed by atoms with Crippen molar-refractivity contribution in [2.45, 2.75) is 0 Å². The Balaban J connectivity index is 1.18. The number of aromatic nitrogens is 4. The van der Waals surface area contributed by atoms with Crippen LogP contribution in [0.3, 0.4) is 0 Å². The number of hydrogen-bond donors (Lipinski definition) is 0. The van der Waals surface area contributed by atoms with Gasteiger partial charge in [-0.25, -0.2) is 19.9 Å². The van der Waals surface area contributed by atoms with E-state index in [9.17, 15) is 0 Å². The highest BCUT2D eigenvalue weighted by Crippen LogP contribution is 2.39. The molecule has 0 bridgehead atoms. The smallest absolute Gasteiger partial charge is 0.164 e. The lowest BCUT2D eigenvalue weighted by Crippen LogP contribution is -2.00. The van der Waals surface area contributed by atoms with Gasteiger partial charge in [0.1, 0.15) is 5.01 Å². The summed E-state index contributed by atoms with van der Waals surface area (Å²) >= 11 is 1.75. The summed E-state index contributed by atoms with van der Waals surface area (Å²) in [5, 5.41) is 5.71. The molecule has 4 nitrogen and oxygen atoms in total. The third kappa shape index (κ3) is 4.94. The SMILES string of the molecule is c1ccc(-c2nc(-c3ccccc3)nc(-c3ccc(-c4ccc5c(ccc6nc(-c7ccccc7)sc65)c4)c4ccccc34)n2)cc1. The summed E-state index contributed by atoms with van der Waals surface area (Å²) < 4.78 is 1.21. The third-order valence-corrected chi connectivity index (χ3v) is 9.72. The van der Waals surface area contributed by atoms with Crippen molar-refractivity contribution >= 4 is 43.1 Å². The molecule has 5 heteroatoms. The molecule has 2 aromatic heterocycles. The van der Waals surface area contributed by atoms with Crippen LogP contribution < -0.4 is 0 Å². The Kier molecular flexibility index (Phi) is 6.61. The van der Waals surface area contributed by atoms with Crippen molar-refractivity contribution in [3.8, 4) is 55.9 Å². The monoisotopic (exact) mass is 618 g/mol. The van der Waals surface area contributed by atoms with Crippen LogP contribution in [0.4, 0.5) is 0 Å². The normalized spacial score (nSPS) is 11.4. The van der Waals surface area contributed by atoms with E-state index in [1.165, 1.54) is 21.0 Å². The van der Waals surface area contributed by atoms with Gasteiger partial charge in [0.05, 0.1) is 10.2 Å². The first-order valence-corrected chi connectivity index (χ1v) is 16.4. The van der Waals surface area contributed by atoms with E-state index >= 15 is 0 Å². The number of nitrogens with zero attached hydrogens (tertiary/aromatic N) is 4. The Morgan fingerprint density at radius 2 is 0.915 bits per heavy atom. The summed E-state index contributed by atoms with van der Waals surface area (Å²) in [6.07, 6.45) is 0. The molecular formula is C42H26N4S. The molecule has 0 aliphatic carbocycles. The zero-order valence-electron chi connectivity index (χ0n) is 25.2. The standard InChI is InChI=1S/C42H26N4S/c1-4-12-27(13-5-1)39-44-40(28-14-6-2-7-15-28)46-41(45-39)36-24-23-32(34-18-10-11-19-35(34)36)30-20-22-33-31(26-30)21-25-37-38(33)47-42(43-37)29-16-8-3-9-17-29/h1-26H. The van der Waals surface area contributed by atoms with Gasteiger partial charge >= 0.3 is 0 Å². The molecule has 0 aliphatic rings. The minimum Gasteiger partial charge on any atom is -0.236 e. The molecule has 0 fully saturated rings. The quantitative estimate of drug-likeness (QED) is 0.193. The Bertz CT molecular complexity index is 2500. The van der Waals surface area contributed by atoms with Crippen LogP contribution in [0.2, 0.25) is 0 Å². The van der Waals surface area contributed by atoms with Gasteiger partial charge in [-0.3, -0.25) is 0 Å². The van der Waals surface area contributed by atoms with Gasteiger partial charge in [-0.15, -0.1) is 11.3 Å². The average molecular weight is 619 g/mol. The van der Waals surface area contributed by atoms with Gasteiger partial charge in [-0.05, 0) is 45.5 Å². The third-order valence-electron chi connectivity index (χ3n) is 8.57. The van der Waals surface area contributed by atoms with Crippen LogP contribution in [0.5, 0.6) is 0 Å². The summed E-state index contributed by atoms with van der Waals surface area (Å²) in [6, 6.07) is 54.6. The summed E-state index contributed by atoms with van der Waals surface area (Å²) in [5.74, 6) is 1.96. The number of rotatable bonds is 5. The molecule has 0 saturated carbocycles. The maximum Gasteiger partial charge on any atom is 0.164 e. The summed E-state index contributed by atoms with van der Waals surface area (Å²) in [4.78, 5) is 19.9. The van der Waals surface area contributed by atoms with Crippen LogP contribution in [0, 0.1) is 0 Å². The lowest BCUT2D eigenvalue weighted by Gasteiger charge is -2.13. The highest BCUT2D eigenvalue weighted by atomic mass is 32.1. The highest BCUT2D eigenvalue weighted by molar-refractivity contribution is 7.22. The highest BCUT2D eigenvalue weighted by Gasteiger charge is 2.17. The fraction of sp³-hybridized carbons (Fsp3) is 0. The molecule has 9 rings (SSSR count). The largest absolute Gasteiger partial charge is 0.236 e. The van der Waals surface area contributed by atoms with Gasteiger partial charge < -0.3 is 0 Å². The lowest BCUT2D eigenvalue weighted by atomic mass is 9.93. The molecule has 0 aliphatic heterocycles. The predicted octanol–water partition coefficient (Wildman–Crippen LogP) is 11.1. The van der Waals surface area contributed by atoms with E-state index < -0.39 is 0 Å². The zero-order valence-corrected chi connectivity index (χ0v) is 26.0. The van der Waals surface area contributed by atoms with Crippen molar-refractivity contribution in [2.75, 3.05) is 0 Å². The number of hydrogen-bond acceptors (Lipinski definition) is 5. The first-order chi connectivity index (χ1) is 23.3. The van der Waals surface area contributed by atoms with E-state index in [0.29, 0.717) is 17.5 Å². The number of benzene rings is 7. The molecule has 9 aromatic rings. The summed E-state index contributed by atoms with van der Waals surface area (Å²) in [6.45, 7) is 0. The molecule has 0 unspecified atom stereocenters. The van der Waals surface area contributed by atoms with E-state index in [0.717, 1.165) is 49.1 Å². The Labute approximate surface area is 275 Å². The van der Waals surface area contributed by atoms with Gasteiger partial charge in [-0.1, -0.05) is 140 Å². The first-order valence-electron chi connectivity index (χ1n) is 15.6. The van der Waals surface area contributed by atoms with Crippen LogP contribution in [0.25, 0.3) is 87.6 Å². The number of fused-ring (bicyclic) bond motifs is 4. The van der Waals surface area contributed by atoms with Crippen LogP contribution >= 0.6 is 11.3 Å². The minimum atomic E-state index is 0.653. The second-order valence-electron chi connectivity index (χ2n) is 11.5. The molecule has 0 radical (unpaired) electrons. The molecule has 7 aromatic carbocycles. The van der Waals surface area contributed by atoms with Crippen molar-refractivity contribution in [1.82, 2.24) is 19.9 Å². The maximum atomic E-state index is 5.02. The van der Waals surface area contributed by atoms with Crippen molar-refractivity contribution in [2.24, 2.45) is 0 Å². The van der Waals surface area contributed by atoms with Gasteiger partial charge in [0.2, 0.25) is 0 Å².